The topological polar surface area (TPSA) is 143 Å². The molecule has 294 valence electrons. The Morgan fingerprint density at radius 1 is 0.661 bits per heavy atom. The summed E-state index contributed by atoms with van der Waals surface area (Å²) < 4.78 is 17.6. The van der Waals surface area contributed by atoms with E-state index in [1.165, 1.54) is 0 Å². The SMILES string of the molecule is CC(C)(C)OC(=O)NC1(c2nc3c([nH]2)CCOc2cc(-c4ccc(-c5ccc6nc(C7(NC(=O)OC(C)(C)C)CCCC7)[nH]c6c5)cc4)ccc2-3)CCCCC1. The summed E-state index contributed by atoms with van der Waals surface area (Å²) in [5.41, 5.74) is 6.59. The molecule has 2 amide bonds. The van der Waals surface area contributed by atoms with Crippen molar-refractivity contribution in [2.75, 3.05) is 6.61 Å². The Labute approximate surface area is 328 Å². The summed E-state index contributed by atoms with van der Waals surface area (Å²) in [5, 5.41) is 6.39. The highest BCUT2D eigenvalue weighted by Gasteiger charge is 2.42. The number of aromatic amines is 2. The van der Waals surface area contributed by atoms with Crippen LogP contribution in [-0.4, -0.2) is 49.9 Å². The molecule has 0 spiro atoms. The fourth-order valence-electron chi connectivity index (χ4n) is 8.56. The van der Waals surface area contributed by atoms with Crippen molar-refractivity contribution in [3.63, 3.8) is 0 Å². The van der Waals surface area contributed by atoms with Crippen molar-refractivity contribution in [2.45, 2.75) is 128 Å². The minimum Gasteiger partial charge on any atom is -0.492 e. The van der Waals surface area contributed by atoms with Gasteiger partial charge in [-0.25, -0.2) is 19.6 Å². The standard InChI is InChI=1S/C45H54N6O5/c1-42(2,3)55-40(52)50-44(23-10-11-24-44)38-46-33-19-17-30(26-35(33)48-38)28-12-14-29(15-13-28)31-16-18-32-36(27-31)54-25-20-34-37(32)49-39(47-34)45(21-8-7-9-22-45)51-41(53)56-43(4,5)6/h12-19,26-27H,7-11,20-25H2,1-6H3,(H,46,48)(H,47,49)(H,50,52)(H,51,53). The van der Waals surface area contributed by atoms with Crippen molar-refractivity contribution >= 4 is 23.2 Å². The molecule has 4 N–H and O–H groups in total. The second kappa shape index (κ2) is 14.3. The fraction of sp³-hybridized carbons (Fsp3) is 0.467. The number of benzene rings is 3. The molecule has 11 nitrogen and oxygen atoms in total. The number of nitrogens with one attached hydrogen (secondary N) is 4. The number of hydrogen-bond donors (Lipinski definition) is 4. The molecular weight excluding hydrogens is 705 g/mol. The molecule has 56 heavy (non-hydrogen) atoms. The van der Waals surface area contributed by atoms with Gasteiger partial charge in [0, 0.05) is 17.7 Å². The summed E-state index contributed by atoms with van der Waals surface area (Å²) in [5.74, 6) is 2.36. The first-order chi connectivity index (χ1) is 26.7. The monoisotopic (exact) mass is 758 g/mol. The maximum atomic E-state index is 13.0. The highest BCUT2D eigenvalue weighted by molar-refractivity contribution is 5.83. The van der Waals surface area contributed by atoms with Gasteiger partial charge in [-0.2, -0.15) is 0 Å². The number of aromatic nitrogens is 4. The highest BCUT2D eigenvalue weighted by atomic mass is 16.6. The average molecular weight is 759 g/mol. The smallest absolute Gasteiger partial charge is 0.408 e. The highest BCUT2D eigenvalue weighted by Crippen LogP contribution is 2.42. The van der Waals surface area contributed by atoms with Crippen LogP contribution in [0.4, 0.5) is 9.59 Å². The summed E-state index contributed by atoms with van der Waals surface area (Å²) in [4.78, 5) is 43.2. The van der Waals surface area contributed by atoms with Gasteiger partial charge in [-0.05, 0) is 114 Å². The predicted molar refractivity (Wildman–Crippen MR) is 217 cm³/mol. The van der Waals surface area contributed by atoms with Crippen LogP contribution in [0.1, 0.15) is 117 Å². The lowest BCUT2D eigenvalue weighted by Crippen LogP contribution is -2.49. The van der Waals surface area contributed by atoms with Gasteiger partial charge in [-0.3, -0.25) is 0 Å². The molecule has 2 aliphatic carbocycles. The second-order valence-electron chi connectivity index (χ2n) is 17.8. The Morgan fingerprint density at radius 3 is 1.77 bits per heavy atom. The van der Waals surface area contributed by atoms with E-state index in [2.05, 4.69) is 75.2 Å². The maximum Gasteiger partial charge on any atom is 0.408 e. The molecule has 2 aromatic heterocycles. The van der Waals surface area contributed by atoms with E-state index in [0.717, 1.165) is 125 Å². The molecule has 3 heterocycles. The van der Waals surface area contributed by atoms with Gasteiger partial charge >= 0.3 is 12.2 Å². The van der Waals surface area contributed by atoms with Crippen molar-refractivity contribution in [1.29, 1.82) is 0 Å². The molecule has 5 aromatic rings. The van der Waals surface area contributed by atoms with Gasteiger partial charge in [-0.1, -0.05) is 68.5 Å². The molecule has 2 fully saturated rings. The van der Waals surface area contributed by atoms with Crippen LogP contribution in [0.5, 0.6) is 5.75 Å². The summed E-state index contributed by atoms with van der Waals surface area (Å²) in [6, 6.07) is 21.1. The lowest BCUT2D eigenvalue weighted by Gasteiger charge is -2.37. The number of carbonyl (C=O) groups excluding carboxylic acids is 2. The van der Waals surface area contributed by atoms with E-state index in [-0.39, 0.29) is 0 Å². The zero-order valence-corrected chi connectivity index (χ0v) is 33.5. The van der Waals surface area contributed by atoms with Crippen LogP contribution in [0.15, 0.2) is 60.7 Å². The lowest BCUT2D eigenvalue weighted by molar-refractivity contribution is 0.0409. The first kappa shape index (κ1) is 37.6. The van der Waals surface area contributed by atoms with Gasteiger partial charge in [-0.15, -0.1) is 0 Å². The molecule has 0 radical (unpaired) electrons. The first-order valence-electron chi connectivity index (χ1n) is 20.2. The van der Waals surface area contributed by atoms with Crippen molar-refractivity contribution in [2.24, 2.45) is 0 Å². The van der Waals surface area contributed by atoms with Crippen molar-refractivity contribution in [1.82, 2.24) is 30.6 Å². The van der Waals surface area contributed by atoms with Crippen LogP contribution >= 0.6 is 0 Å². The lowest BCUT2D eigenvalue weighted by atomic mass is 9.81. The Morgan fingerprint density at radius 2 is 1.18 bits per heavy atom. The van der Waals surface area contributed by atoms with Crippen molar-refractivity contribution in [3.05, 3.63) is 78.0 Å². The number of carbonyl (C=O) groups is 2. The average Bonchev–Trinajstić information content (AvgIpc) is 3.88. The fourth-order valence-corrected chi connectivity index (χ4v) is 8.56. The van der Waals surface area contributed by atoms with E-state index in [1.807, 2.05) is 47.6 Å². The van der Waals surface area contributed by atoms with Gasteiger partial charge in [0.15, 0.2) is 0 Å². The van der Waals surface area contributed by atoms with Crippen LogP contribution in [0.25, 0.3) is 44.5 Å². The van der Waals surface area contributed by atoms with Gasteiger partial charge < -0.3 is 34.8 Å². The number of hydrogen-bond acceptors (Lipinski definition) is 7. The number of rotatable bonds is 6. The maximum absolute atomic E-state index is 13.0. The third-order valence-electron chi connectivity index (χ3n) is 11.2. The molecule has 2 saturated carbocycles. The zero-order valence-electron chi connectivity index (χ0n) is 33.5. The number of nitrogens with zero attached hydrogens (tertiary/aromatic N) is 2. The molecule has 8 rings (SSSR count). The minimum absolute atomic E-state index is 0.414. The summed E-state index contributed by atoms with van der Waals surface area (Å²) in [6.07, 6.45) is 8.28. The number of fused-ring (bicyclic) bond motifs is 4. The number of H-pyrrole nitrogens is 2. The molecule has 0 bridgehead atoms. The summed E-state index contributed by atoms with van der Waals surface area (Å²) in [7, 11) is 0. The third kappa shape index (κ3) is 7.73. The van der Waals surface area contributed by atoms with E-state index in [4.69, 9.17) is 24.2 Å². The van der Waals surface area contributed by atoms with Crippen LogP contribution < -0.4 is 15.4 Å². The normalized spacial score (nSPS) is 17.6. The zero-order chi connectivity index (χ0) is 39.3. The molecule has 0 saturated heterocycles. The number of amides is 2. The Balaban J connectivity index is 1.02. The van der Waals surface area contributed by atoms with Crippen LogP contribution in [-0.2, 0) is 27.0 Å². The summed E-state index contributed by atoms with van der Waals surface area (Å²) in [6.45, 7) is 11.8. The first-order valence-corrected chi connectivity index (χ1v) is 20.2. The van der Waals surface area contributed by atoms with Crippen LogP contribution in [0.3, 0.4) is 0 Å². The van der Waals surface area contributed by atoms with Gasteiger partial charge in [0.2, 0.25) is 0 Å². The van der Waals surface area contributed by atoms with E-state index in [1.54, 1.807) is 0 Å². The molecule has 11 heteroatoms. The van der Waals surface area contributed by atoms with Crippen molar-refractivity contribution in [3.8, 4) is 39.3 Å². The molecule has 3 aliphatic rings. The number of ether oxygens (including phenoxy) is 3. The van der Waals surface area contributed by atoms with Gasteiger partial charge in [0.1, 0.15) is 39.7 Å². The Bertz CT molecular complexity index is 2240. The third-order valence-corrected chi connectivity index (χ3v) is 11.2. The number of alkyl carbamates (subject to hydrolysis) is 2. The van der Waals surface area contributed by atoms with Crippen molar-refractivity contribution < 1.29 is 23.8 Å². The summed E-state index contributed by atoms with van der Waals surface area (Å²) >= 11 is 0. The molecule has 3 aromatic carbocycles. The predicted octanol–water partition coefficient (Wildman–Crippen LogP) is 10.2. The quantitative estimate of drug-likeness (QED) is 0.135. The van der Waals surface area contributed by atoms with Crippen LogP contribution in [0, 0.1) is 0 Å². The largest absolute Gasteiger partial charge is 0.492 e. The molecular formula is C45H54N6O5. The molecule has 1 aliphatic heterocycles. The van der Waals surface area contributed by atoms with Gasteiger partial charge in [0.25, 0.3) is 0 Å². The second-order valence-corrected chi connectivity index (χ2v) is 17.8. The van der Waals surface area contributed by atoms with E-state index >= 15 is 0 Å². The Kier molecular flexibility index (Phi) is 9.61. The van der Waals surface area contributed by atoms with E-state index in [0.29, 0.717) is 13.0 Å². The molecule has 0 atom stereocenters. The minimum atomic E-state index is -0.600. The van der Waals surface area contributed by atoms with E-state index < -0.39 is 34.5 Å². The number of imidazole rings is 2. The molecule has 0 unspecified atom stereocenters. The Hall–Kier alpha value is -5.32. The van der Waals surface area contributed by atoms with Crippen LogP contribution in [0.2, 0.25) is 0 Å². The van der Waals surface area contributed by atoms with Gasteiger partial charge in [0.05, 0.1) is 23.3 Å². The van der Waals surface area contributed by atoms with E-state index in [9.17, 15) is 9.59 Å².